The van der Waals surface area contributed by atoms with Crippen LogP contribution in [0.2, 0.25) is 5.02 Å². The van der Waals surface area contributed by atoms with Gasteiger partial charge in [0, 0.05) is 42.2 Å². The molecule has 3 aromatic carbocycles. The molecule has 2 amide bonds. The molecule has 0 fully saturated rings. The molecule has 1 N–H and O–H groups in total. The van der Waals surface area contributed by atoms with Crippen LogP contribution < -0.4 is 10.1 Å². The fraction of sp³-hybridized carbons (Fsp3) is 0.310. The smallest absolute Gasteiger partial charge is 0.410 e. The molecular formula is C29H29ClF2N2O4. The van der Waals surface area contributed by atoms with Crippen molar-refractivity contribution in [2.75, 3.05) is 20.6 Å². The number of hydrogen-bond donors (Lipinski definition) is 1. The summed E-state index contributed by atoms with van der Waals surface area (Å²) in [5, 5.41) is 2.59. The van der Waals surface area contributed by atoms with Crippen LogP contribution in [-0.2, 0) is 16.8 Å². The SMILES string of the molecule is CNC(=O)c1ccc(F)c(F)c1-c1c(Cl)ccc2c1C[C@@](CN(C)C(=O)OC(C)(C)C)(c1ccccc1)O2. The highest BCUT2D eigenvalue weighted by atomic mass is 35.5. The van der Waals surface area contributed by atoms with Gasteiger partial charge in [0.1, 0.15) is 11.4 Å². The van der Waals surface area contributed by atoms with Crippen LogP contribution in [0, 0.1) is 11.6 Å². The van der Waals surface area contributed by atoms with Gasteiger partial charge in [-0.25, -0.2) is 13.6 Å². The molecule has 0 bridgehead atoms. The average molecular weight is 543 g/mol. The molecule has 0 unspecified atom stereocenters. The molecule has 38 heavy (non-hydrogen) atoms. The minimum atomic E-state index is -1.19. The Labute approximate surface area is 225 Å². The van der Waals surface area contributed by atoms with Crippen LogP contribution in [0.15, 0.2) is 54.6 Å². The zero-order valence-corrected chi connectivity index (χ0v) is 22.6. The fourth-order valence-electron chi connectivity index (χ4n) is 4.66. The van der Waals surface area contributed by atoms with E-state index in [2.05, 4.69) is 5.32 Å². The van der Waals surface area contributed by atoms with Crippen LogP contribution >= 0.6 is 11.6 Å². The van der Waals surface area contributed by atoms with Gasteiger partial charge in [0.25, 0.3) is 5.91 Å². The van der Waals surface area contributed by atoms with Crippen LogP contribution in [0.25, 0.3) is 11.1 Å². The molecule has 1 heterocycles. The maximum atomic E-state index is 15.4. The van der Waals surface area contributed by atoms with Crippen molar-refractivity contribution in [2.45, 2.75) is 38.4 Å². The normalized spacial score (nSPS) is 16.4. The number of nitrogens with zero attached hydrogens (tertiary/aromatic N) is 1. The predicted molar refractivity (Wildman–Crippen MR) is 142 cm³/mol. The number of carbonyl (C=O) groups is 2. The van der Waals surface area contributed by atoms with E-state index in [1.807, 2.05) is 30.3 Å². The zero-order valence-electron chi connectivity index (χ0n) is 21.8. The number of halogens is 3. The number of benzene rings is 3. The summed E-state index contributed by atoms with van der Waals surface area (Å²) in [4.78, 5) is 26.9. The highest BCUT2D eigenvalue weighted by Gasteiger charge is 2.45. The van der Waals surface area contributed by atoms with Gasteiger partial charge >= 0.3 is 6.09 Å². The van der Waals surface area contributed by atoms with Gasteiger partial charge in [-0.3, -0.25) is 4.79 Å². The Morgan fingerprint density at radius 3 is 2.39 bits per heavy atom. The van der Waals surface area contributed by atoms with Crippen LogP contribution in [-0.4, -0.2) is 43.1 Å². The number of ether oxygens (including phenoxy) is 2. The van der Waals surface area contributed by atoms with Crippen LogP contribution in [0.4, 0.5) is 13.6 Å². The fourth-order valence-corrected chi connectivity index (χ4v) is 4.93. The summed E-state index contributed by atoms with van der Waals surface area (Å²) in [6.07, 6.45) is -0.373. The third-order valence-electron chi connectivity index (χ3n) is 6.30. The number of likely N-dealkylation sites (N-methyl/N-ethyl adjacent to an activating group) is 1. The summed E-state index contributed by atoms with van der Waals surface area (Å²) >= 11 is 6.59. The van der Waals surface area contributed by atoms with Crippen molar-refractivity contribution in [3.05, 3.63) is 87.9 Å². The molecule has 200 valence electrons. The van der Waals surface area contributed by atoms with Gasteiger partial charge in [0.05, 0.1) is 12.1 Å². The second kappa shape index (κ2) is 10.3. The van der Waals surface area contributed by atoms with Gasteiger partial charge < -0.3 is 19.7 Å². The second-order valence-corrected chi connectivity index (χ2v) is 10.6. The van der Waals surface area contributed by atoms with Gasteiger partial charge in [-0.1, -0.05) is 41.9 Å². The molecule has 0 saturated carbocycles. The minimum Gasteiger partial charge on any atom is -0.480 e. The first kappa shape index (κ1) is 27.4. The first-order valence-corrected chi connectivity index (χ1v) is 12.4. The number of carbonyl (C=O) groups excluding carboxylic acids is 2. The Kier molecular flexibility index (Phi) is 7.39. The lowest BCUT2D eigenvalue weighted by atomic mass is 9.85. The maximum absolute atomic E-state index is 15.4. The van der Waals surface area contributed by atoms with Crippen LogP contribution in [0.1, 0.15) is 42.3 Å². The number of fused-ring (bicyclic) bond motifs is 1. The quantitative estimate of drug-likeness (QED) is 0.408. The van der Waals surface area contributed by atoms with E-state index >= 15 is 4.39 Å². The highest BCUT2D eigenvalue weighted by Crippen LogP contribution is 2.49. The summed E-state index contributed by atoms with van der Waals surface area (Å²) in [6.45, 7) is 5.42. The van der Waals surface area contributed by atoms with Crippen molar-refractivity contribution in [1.82, 2.24) is 10.2 Å². The van der Waals surface area contributed by atoms with Gasteiger partial charge in [0.2, 0.25) is 0 Å². The summed E-state index contributed by atoms with van der Waals surface area (Å²) in [6, 6.07) is 14.6. The van der Waals surface area contributed by atoms with Crippen molar-refractivity contribution in [2.24, 2.45) is 0 Å². The number of amides is 2. The lowest BCUT2D eigenvalue weighted by Crippen LogP contribution is -2.46. The number of hydrogen-bond acceptors (Lipinski definition) is 4. The van der Waals surface area contributed by atoms with Crippen LogP contribution in [0.3, 0.4) is 0 Å². The molecule has 1 aliphatic rings. The molecule has 1 atom stereocenters. The van der Waals surface area contributed by atoms with Crippen molar-refractivity contribution >= 4 is 23.6 Å². The van der Waals surface area contributed by atoms with Crippen molar-refractivity contribution in [3.63, 3.8) is 0 Å². The lowest BCUT2D eigenvalue weighted by Gasteiger charge is -2.34. The molecule has 0 radical (unpaired) electrons. The van der Waals surface area contributed by atoms with Gasteiger partial charge in [-0.2, -0.15) is 0 Å². The van der Waals surface area contributed by atoms with E-state index in [4.69, 9.17) is 21.1 Å². The van der Waals surface area contributed by atoms with Crippen LogP contribution in [0.5, 0.6) is 5.75 Å². The standard InChI is InChI=1S/C29H29ClF2N2O4/c1-28(2,3)38-27(36)34(5)16-29(17-9-7-6-8-10-17)15-19-22(37-29)14-12-20(30)23(19)24-18(26(35)33-4)11-13-21(31)25(24)32/h6-14H,15-16H2,1-5H3,(H,33,35)/t29-/m1/s1. The summed E-state index contributed by atoms with van der Waals surface area (Å²) in [5.41, 5.74) is -0.683. The molecule has 0 spiro atoms. The molecule has 9 heteroatoms. The van der Waals surface area contributed by atoms with E-state index in [1.165, 1.54) is 24.1 Å². The van der Waals surface area contributed by atoms with E-state index in [0.717, 1.165) is 11.6 Å². The Morgan fingerprint density at radius 2 is 1.76 bits per heavy atom. The zero-order chi connectivity index (χ0) is 27.8. The summed E-state index contributed by atoms with van der Waals surface area (Å²) in [5.74, 6) is -2.51. The van der Waals surface area contributed by atoms with E-state index in [9.17, 15) is 14.0 Å². The highest BCUT2D eigenvalue weighted by molar-refractivity contribution is 6.34. The lowest BCUT2D eigenvalue weighted by molar-refractivity contribution is 0.00582. The van der Waals surface area contributed by atoms with E-state index in [1.54, 1.807) is 33.9 Å². The predicted octanol–water partition coefficient (Wildman–Crippen LogP) is 6.34. The molecule has 3 aromatic rings. The summed E-state index contributed by atoms with van der Waals surface area (Å²) in [7, 11) is 3.01. The molecule has 0 saturated heterocycles. The largest absolute Gasteiger partial charge is 0.480 e. The molecule has 0 aliphatic carbocycles. The Hall–Kier alpha value is -3.65. The Morgan fingerprint density at radius 1 is 1.08 bits per heavy atom. The first-order chi connectivity index (χ1) is 17.9. The first-order valence-electron chi connectivity index (χ1n) is 12.1. The summed E-state index contributed by atoms with van der Waals surface area (Å²) < 4.78 is 41.9. The topological polar surface area (TPSA) is 67.9 Å². The number of rotatable bonds is 5. The van der Waals surface area contributed by atoms with Gasteiger partial charge in [-0.05, 0) is 50.6 Å². The van der Waals surface area contributed by atoms with Gasteiger partial charge in [-0.15, -0.1) is 0 Å². The number of nitrogens with one attached hydrogen (secondary N) is 1. The van der Waals surface area contributed by atoms with Crippen molar-refractivity contribution < 1.29 is 27.8 Å². The second-order valence-electron chi connectivity index (χ2n) is 10.2. The third kappa shape index (κ3) is 5.18. The molecule has 1 aliphatic heterocycles. The van der Waals surface area contributed by atoms with E-state index in [-0.39, 0.29) is 34.7 Å². The Balaban J connectivity index is 1.87. The van der Waals surface area contributed by atoms with Crippen molar-refractivity contribution in [1.29, 1.82) is 0 Å². The van der Waals surface area contributed by atoms with Crippen molar-refractivity contribution in [3.8, 4) is 16.9 Å². The third-order valence-corrected chi connectivity index (χ3v) is 6.62. The maximum Gasteiger partial charge on any atom is 0.410 e. The molecule has 6 nitrogen and oxygen atoms in total. The van der Waals surface area contributed by atoms with E-state index in [0.29, 0.717) is 11.3 Å². The average Bonchev–Trinajstić information content (AvgIpc) is 3.24. The minimum absolute atomic E-state index is 0.0650. The molecular weight excluding hydrogens is 514 g/mol. The Bertz CT molecular complexity index is 1390. The monoisotopic (exact) mass is 542 g/mol. The van der Waals surface area contributed by atoms with E-state index < -0.39 is 34.8 Å². The van der Waals surface area contributed by atoms with Gasteiger partial charge in [0.15, 0.2) is 17.2 Å². The molecule has 4 rings (SSSR count). The molecule has 0 aromatic heterocycles.